The number of nitrogens with zero attached hydrogens (tertiary/aromatic N) is 1. The van der Waals surface area contributed by atoms with Crippen LogP contribution in [0.15, 0.2) is 54.6 Å². The number of pyridine rings is 1. The largest absolute Gasteiger partial charge is 0.481 e. The van der Waals surface area contributed by atoms with Crippen LogP contribution in [-0.4, -0.2) is 51.6 Å². The number of aldehydes is 1. The number of ketones is 2. The first-order chi connectivity index (χ1) is 17.5. The van der Waals surface area contributed by atoms with Crippen molar-refractivity contribution in [1.82, 2.24) is 4.98 Å². The van der Waals surface area contributed by atoms with Crippen molar-refractivity contribution < 1.29 is 37.8 Å². The van der Waals surface area contributed by atoms with Gasteiger partial charge in [-0.1, -0.05) is 38.1 Å². The lowest BCUT2D eigenvalue weighted by molar-refractivity contribution is -0.154. The summed E-state index contributed by atoms with van der Waals surface area (Å²) in [6.07, 6.45) is -1.17. The zero-order valence-electron chi connectivity index (χ0n) is 20.0. The highest BCUT2D eigenvalue weighted by Crippen LogP contribution is 2.29. The Morgan fingerprint density at radius 3 is 2.30 bits per heavy atom. The number of aliphatic carboxylic acids is 1. The number of carbonyl (C=O) groups excluding carboxylic acids is 3. The Balaban J connectivity index is 2.10. The minimum Gasteiger partial charge on any atom is -0.481 e. The number of fused-ring (bicyclic) bond motifs is 1. The van der Waals surface area contributed by atoms with Gasteiger partial charge in [-0.05, 0) is 36.2 Å². The Morgan fingerprint density at radius 2 is 1.70 bits per heavy atom. The van der Waals surface area contributed by atoms with Crippen LogP contribution >= 0.6 is 0 Å². The molecule has 3 unspecified atom stereocenters. The van der Waals surface area contributed by atoms with Gasteiger partial charge in [-0.25, -0.2) is 13.8 Å². The summed E-state index contributed by atoms with van der Waals surface area (Å²) in [5.74, 6) is -8.30. The Morgan fingerprint density at radius 1 is 1.05 bits per heavy atom. The van der Waals surface area contributed by atoms with E-state index in [4.69, 9.17) is 15.6 Å². The summed E-state index contributed by atoms with van der Waals surface area (Å²) in [7, 11) is 0. The first kappa shape index (κ1) is 27.3. The van der Waals surface area contributed by atoms with E-state index in [-0.39, 0.29) is 12.1 Å². The van der Waals surface area contributed by atoms with Crippen LogP contribution in [0.5, 0.6) is 5.75 Å². The fraction of sp³-hybridized carbons (Fsp3) is 0.269. The van der Waals surface area contributed by atoms with Crippen molar-refractivity contribution in [3.63, 3.8) is 0 Å². The number of hydrogen-bond donors (Lipinski definition) is 3. The van der Waals surface area contributed by atoms with Crippen molar-refractivity contribution >= 4 is 40.5 Å². The normalized spacial score (nSPS) is 14.4. The van der Waals surface area contributed by atoms with Gasteiger partial charge in [0.25, 0.3) is 5.60 Å². The number of halogens is 2. The van der Waals surface area contributed by atoms with Gasteiger partial charge in [0.15, 0.2) is 23.7 Å². The summed E-state index contributed by atoms with van der Waals surface area (Å²) in [5, 5.41) is 12.8. The molecule has 4 N–H and O–H groups in total. The molecule has 0 aliphatic carbocycles. The molecular weight excluding hydrogens is 488 g/mol. The number of rotatable bonds is 12. The van der Waals surface area contributed by atoms with Crippen LogP contribution in [0.25, 0.3) is 10.9 Å². The van der Waals surface area contributed by atoms with Gasteiger partial charge in [0, 0.05) is 5.39 Å². The van der Waals surface area contributed by atoms with Crippen LogP contribution in [-0.2, 0) is 19.2 Å². The molecule has 0 aliphatic heterocycles. The molecule has 0 amide bonds. The van der Waals surface area contributed by atoms with Crippen LogP contribution in [0.4, 0.5) is 14.6 Å². The molecule has 11 heteroatoms. The number of hydrogen-bond acceptors (Lipinski definition) is 8. The van der Waals surface area contributed by atoms with Gasteiger partial charge in [0.2, 0.25) is 11.6 Å². The minimum absolute atomic E-state index is 0.212. The number of aromatic nitrogens is 1. The van der Waals surface area contributed by atoms with Crippen LogP contribution in [0.1, 0.15) is 20.3 Å². The summed E-state index contributed by atoms with van der Waals surface area (Å²) in [5.41, 5.74) is 3.13. The summed E-state index contributed by atoms with van der Waals surface area (Å²) in [4.78, 5) is 55.2. The summed E-state index contributed by atoms with van der Waals surface area (Å²) < 4.78 is 34.1. The lowest BCUT2D eigenvalue weighted by Crippen LogP contribution is -2.63. The molecule has 2 aromatic carbocycles. The second-order valence-corrected chi connectivity index (χ2v) is 8.69. The molecule has 3 aromatic rings. The fourth-order valence-electron chi connectivity index (χ4n) is 3.73. The molecule has 0 spiro atoms. The molecule has 0 radical (unpaired) electrons. The van der Waals surface area contributed by atoms with Crippen LogP contribution in [0.2, 0.25) is 0 Å². The van der Waals surface area contributed by atoms with Gasteiger partial charge in [-0.2, -0.15) is 0 Å². The smallest absolute Gasteiger partial charge is 0.305 e. The number of nitrogens with one attached hydrogen (secondary N) is 1. The molecule has 0 fully saturated rings. The molecule has 1 heterocycles. The third kappa shape index (κ3) is 5.78. The molecule has 37 heavy (non-hydrogen) atoms. The van der Waals surface area contributed by atoms with E-state index in [2.05, 4.69) is 10.3 Å². The predicted octanol–water partition coefficient (Wildman–Crippen LogP) is 2.91. The second-order valence-electron chi connectivity index (χ2n) is 8.69. The summed E-state index contributed by atoms with van der Waals surface area (Å²) in [6, 6.07) is 9.85. The van der Waals surface area contributed by atoms with Gasteiger partial charge >= 0.3 is 5.97 Å². The topological polar surface area (TPSA) is 149 Å². The number of benzene rings is 2. The van der Waals surface area contributed by atoms with E-state index in [0.29, 0.717) is 5.52 Å². The van der Waals surface area contributed by atoms with Gasteiger partial charge in [-0.3, -0.25) is 19.2 Å². The quantitative estimate of drug-likeness (QED) is 0.245. The highest BCUT2D eigenvalue weighted by Gasteiger charge is 2.54. The molecule has 3 atom stereocenters. The van der Waals surface area contributed by atoms with Crippen molar-refractivity contribution in [2.24, 2.45) is 11.7 Å². The predicted molar refractivity (Wildman–Crippen MR) is 130 cm³/mol. The maximum atomic E-state index is 14.5. The van der Waals surface area contributed by atoms with Crippen LogP contribution in [0, 0.1) is 17.6 Å². The van der Waals surface area contributed by atoms with E-state index in [1.165, 1.54) is 0 Å². The van der Waals surface area contributed by atoms with Crippen molar-refractivity contribution in [2.45, 2.75) is 38.0 Å². The van der Waals surface area contributed by atoms with Crippen LogP contribution in [0.3, 0.4) is 0 Å². The molecule has 0 aliphatic rings. The zero-order chi connectivity index (χ0) is 27.3. The van der Waals surface area contributed by atoms with E-state index in [9.17, 15) is 28.0 Å². The SMILES string of the molecule is CC(C)C(Nc1ccc2ccccc2n1)C(=O)C(C=O)(Oc1c(F)cccc1F)C(=O)C(N)CC(=O)O. The Labute approximate surface area is 210 Å². The monoisotopic (exact) mass is 513 g/mol. The number of carboxylic acids is 1. The fourth-order valence-corrected chi connectivity index (χ4v) is 3.73. The highest BCUT2D eigenvalue weighted by atomic mass is 19.1. The van der Waals surface area contributed by atoms with Gasteiger partial charge in [-0.15, -0.1) is 0 Å². The number of para-hydroxylation sites is 2. The van der Waals surface area contributed by atoms with Crippen LogP contribution < -0.4 is 15.8 Å². The number of Topliss-reactive ketones (excluding diaryl/α,β-unsaturated/α-hetero) is 2. The molecule has 9 nitrogen and oxygen atoms in total. The van der Waals surface area contributed by atoms with E-state index in [1.54, 1.807) is 38.1 Å². The number of carbonyl (C=O) groups is 4. The number of carboxylic acid groups (broad SMARTS) is 1. The van der Waals surface area contributed by atoms with E-state index in [1.807, 2.05) is 12.1 Å². The third-order valence-corrected chi connectivity index (χ3v) is 5.66. The molecular formula is C26H25F2N3O6. The number of anilines is 1. The van der Waals surface area contributed by atoms with Gasteiger partial charge in [0.1, 0.15) is 5.82 Å². The van der Waals surface area contributed by atoms with Crippen molar-refractivity contribution in [3.8, 4) is 5.75 Å². The Hall–Kier alpha value is -4.25. The molecule has 0 saturated carbocycles. The summed E-state index contributed by atoms with van der Waals surface area (Å²) >= 11 is 0. The average Bonchev–Trinajstić information content (AvgIpc) is 2.86. The lowest BCUT2D eigenvalue weighted by atomic mass is 9.82. The second kappa shape index (κ2) is 11.2. The molecule has 0 saturated heterocycles. The van der Waals surface area contributed by atoms with E-state index in [0.717, 1.165) is 23.6 Å². The Kier molecular flexibility index (Phi) is 8.28. The Bertz CT molecular complexity index is 1330. The minimum atomic E-state index is -3.16. The van der Waals surface area contributed by atoms with E-state index < -0.39 is 64.9 Å². The molecule has 3 rings (SSSR count). The van der Waals surface area contributed by atoms with E-state index >= 15 is 0 Å². The molecule has 1 aromatic heterocycles. The van der Waals surface area contributed by atoms with Crippen molar-refractivity contribution in [2.75, 3.05) is 5.32 Å². The van der Waals surface area contributed by atoms with Gasteiger partial charge < -0.3 is 20.9 Å². The maximum Gasteiger partial charge on any atom is 0.305 e. The first-order valence-electron chi connectivity index (χ1n) is 11.3. The first-order valence-corrected chi connectivity index (χ1v) is 11.3. The standard InChI is InChI=1S/C26H25F2N3O6/c1-14(2)22(31-20-11-10-15-6-3-4-9-19(15)30-20)25(36)26(13-32,24(35)18(29)12-21(33)34)37-23-16(27)7-5-8-17(23)28/h3-11,13-14,18,22H,12,29H2,1-2H3,(H,30,31)(H,33,34). The molecule has 194 valence electrons. The maximum absolute atomic E-state index is 14.5. The van der Waals surface area contributed by atoms with Crippen molar-refractivity contribution in [3.05, 3.63) is 66.2 Å². The zero-order valence-corrected chi connectivity index (χ0v) is 20.0. The molecule has 0 bridgehead atoms. The highest BCUT2D eigenvalue weighted by molar-refractivity contribution is 6.26. The third-order valence-electron chi connectivity index (χ3n) is 5.66. The number of nitrogens with two attached hydrogens (primary N) is 1. The van der Waals surface area contributed by atoms with Gasteiger partial charge in [0.05, 0.1) is 24.0 Å². The van der Waals surface area contributed by atoms with Crippen molar-refractivity contribution in [1.29, 1.82) is 0 Å². The lowest BCUT2D eigenvalue weighted by Gasteiger charge is -2.33. The summed E-state index contributed by atoms with van der Waals surface area (Å²) in [6.45, 7) is 3.19. The number of ether oxygens (including phenoxy) is 1. The average molecular weight is 513 g/mol.